The van der Waals surface area contributed by atoms with Gasteiger partial charge in [-0.3, -0.25) is 9.89 Å². The van der Waals surface area contributed by atoms with Gasteiger partial charge in [-0.05, 0) is 36.2 Å². The number of carbonyl (C=O) groups excluding carboxylic acids is 1. The number of nitrogens with zero attached hydrogens (tertiary/aromatic N) is 1. The number of halogens is 2. The molecule has 2 N–H and O–H groups in total. The summed E-state index contributed by atoms with van der Waals surface area (Å²) in [6, 6.07) is 14.8. The highest BCUT2D eigenvalue weighted by Crippen LogP contribution is 2.22. The Balaban J connectivity index is 1.64. The third-order valence-electron chi connectivity index (χ3n) is 3.63. The first-order valence-corrected chi connectivity index (χ1v) is 8.21. The molecule has 0 aliphatic rings. The highest BCUT2D eigenvalue weighted by molar-refractivity contribution is 6.30. The van der Waals surface area contributed by atoms with Crippen LogP contribution in [0.5, 0.6) is 0 Å². The van der Waals surface area contributed by atoms with E-state index >= 15 is 0 Å². The number of benzene rings is 2. The first-order valence-electron chi connectivity index (χ1n) is 7.45. The number of hydrogen-bond acceptors (Lipinski definition) is 2. The van der Waals surface area contributed by atoms with Gasteiger partial charge in [-0.25, -0.2) is 0 Å². The summed E-state index contributed by atoms with van der Waals surface area (Å²) < 4.78 is 0. The van der Waals surface area contributed by atoms with Gasteiger partial charge in [0.25, 0.3) is 5.91 Å². The van der Waals surface area contributed by atoms with Crippen LogP contribution in [0, 0.1) is 0 Å². The molecule has 1 heterocycles. The molecule has 0 unspecified atom stereocenters. The summed E-state index contributed by atoms with van der Waals surface area (Å²) in [7, 11) is 0. The van der Waals surface area contributed by atoms with E-state index in [1.807, 2.05) is 36.4 Å². The maximum absolute atomic E-state index is 12.4. The van der Waals surface area contributed by atoms with Gasteiger partial charge in [0.1, 0.15) is 0 Å². The lowest BCUT2D eigenvalue weighted by molar-refractivity contribution is 0.0955. The number of carbonyl (C=O) groups is 1. The Hall–Kier alpha value is -2.30. The van der Waals surface area contributed by atoms with Gasteiger partial charge in [-0.2, -0.15) is 5.10 Å². The van der Waals surface area contributed by atoms with E-state index in [1.54, 1.807) is 12.1 Å². The smallest absolute Gasteiger partial charge is 0.255 e. The Bertz CT molecular complexity index is 826. The fraction of sp³-hybridized carbons (Fsp3) is 0.111. The number of nitrogens with one attached hydrogen (secondary N) is 2. The minimum atomic E-state index is -0.164. The average molecular weight is 360 g/mol. The summed E-state index contributed by atoms with van der Waals surface area (Å²) in [6.45, 7) is 0.533. The number of aromatic amines is 1. The molecule has 3 aromatic rings. The van der Waals surface area contributed by atoms with Crippen LogP contribution in [0.2, 0.25) is 10.0 Å². The van der Waals surface area contributed by atoms with Crippen molar-refractivity contribution in [1.29, 1.82) is 0 Å². The predicted molar refractivity (Wildman–Crippen MR) is 96.5 cm³/mol. The molecule has 0 saturated heterocycles. The molecule has 0 spiro atoms. The van der Waals surface area contributed by atoms with Crippen LogP contribution in [0.3, 0.4) is 0 Å². The average Bonchev–Trinajstić information content (AvgIpc) is 3.07. The zero-order chi connectivity index (χ0) is 16.9. The first kappa shape index (κ1) is 16.6. The molecule has 1 amide bonds. The Morgan fingerprint density at radius 2 is 1.62 bits per heavy atom. The zero-order valence-corrected chi connectivity index (χ0v) is 14.2. The van der Waals surface area contributed by atoms with Crippen molar-refractivity contribution in [1.82, 2.24) is 15.5 Å². The van der Waals surface area contributed by atoms with Gasteiger partial charge in [0.05, 0.1) is 17.5 Å². The van der Waals surface area contributed by atoms with Crippen LogP contribution in [0.1, 0.15) is 15.9 Å². The molecule has 0 atom stereocenters. The van der Waals surface area contributed by atoms with Crippen molar-refractivity contribution >= 4 is 29.1 Å². The normalized spacial score (nSPS) is 10.6. The minimum Gasteiger partial charge on any atom is -0.352 e. The number of aromatic nitrogens is 2. The van der Waals surface area contributed by atoms with Gasteiger partial charge < -0.3 is 5.32 Å². The van der Waals surface area contributed by atoms with E-state index in [2.05, 4.69) is 15.5 Å². The monoisotopic (exact) mass is 359 g/mol. The van der Waals surface area contributed by atoms with E-state index in [0.29, 0.717) is 27.8 Å². The fourth-order valence-electron chi connectivity index (χ4n) is 2.36. The molecule has 0 bridgehead atoms. The Morgan fingerprint density at radius 1 is 1.00 bits per heavy atom. The van der Waals surface area contributed by atoms with Crippen LogP contribution in [0.25, 0.3) is 11.3 Å². The summed E-state index contributed by atoms with van der Waals surface area (Å²) in [5.41, 5.74) is 3.16. The van der Waals surface area contributed by atoms with Gasteiger partial charge in [0, 0.05) is 22.2 Å². The quantitative estimate of drug-likeness (QED) is 0.711. The van der Waals surface area contributed by atoms with Crippen LogP contribution < -0.4 is 5.32 Å². The van der Waals surface area contributed by atoms with Crippen LogP contribution in [0.4, 0.5) is 0 Å². The molecule has 0 aliphatic heterocycles. The van der Waals surface area contributed by atoms with Gasteiger partial charge in [-0.1, -0.05) is 47.5 Å². The molecule has 3 rings (SSSR count). The molecule has 4 nitrogen and oxygen atoms in total. The SMILES string of the molecule is O=C(NCCc1ccc(Cl)cc1)c1cn[nH]c1-c1ccc(Cl)cc1. The largest absolute Gasteiger partial charge is 0.352 e. The van der Waals surface area contributed by atoms with E-state index in [-0.39, 0.29) is 5.91 Å². The summed E-state index contributed by atoms with van der Waals surface area (Å²) in [4.78, 5) is 12.4. The summed E-state index contributed by atoms with van der Waals surface area (Å²) in [5, 5.41) is 11.1. The molecule has 2 aromatic carbocycles. The van der Waals surface area contributed by atoms with Gasteiger partial charge in [0.15, 0.2) is 0 Å². The Morgan fingerprint density at radius 3 is 2.29 bits per heavy atom. The molecule has 24 heavy (non-hydrogen) atoms. The molecule has 0 saturated carbocycles. The van der Waals surface area contributed by atoms with Crippen molar-refractivity contribution in [2.24, 2.45) is 0 Å². The predicted octanol–water partition coefficient (Wildman–Crippen LogP) is 4.36. The van der Waals surface area contributed by atoms with Crippen molar-refractivity contribution in [3.8, 4) is 11.3 Å². The Kier molecular flexibility index (Phi) is 5.18. The maximum Gasteiger partial charge on any atom is 0.255 e. The molecule has 0 aliphatic carbocycles. The van der Waals surface area contributed by atoms with Crippen molar-refractivity contribution in [2.75, 3.05) is 6.54 Å². The topological polar surface area (TPSA) is 57.8 Å². The molecule has 1 aromatic heterocycles. The Labute approximate surface area is 149 Å². The molecular formula is C18H15Cl2N3O. The number of H-pyrrole nitrogens is 1. The van der Waals surface area contributed by atoms with Crippen LogP contribution in [-0.2, 0) is 6.42 Å². The fourth-order valence-corrected chi connectivity index (χ4v) is 2.61. The van der Waals surface area contributed by atoms with Crippen molar-refractivity contribution < 1.29 is 4.79 Å². The second-order valence-electron chi connectivity index (χ2n) is 5.30. The third-order valence-corrected chi connectivity index (χ3v) is 4.13. The number of rotatable bonds is 5. The molecule has 0 radical (unpaired) electrons. The molecule has 6 heteroatoms. The van der Waals surface area contributed by atoms with Gasteiger partial charge in [-0.15, -0.1) is 0 Å². The van der Waals surface area contributed by atoms with Crippen molar-refractivity contribution in [3.05, 3.63) is 75.9 Å². The zero-order valence-electron chi connectivity index (χ0n) is 12.7. The summed E-state index contributed by atoms with van der Waals surface area (Å²) in [6.07, 6.45) is 2.26. The highest BCUT2D eigenvalue weighted by Gasteiger charge is 2.14. The van der Waals surface area contributed by atoms with Crippen LogP contribution in [-0.4, -0.2) is 22.6 Å². The summed E-state index contributed by atoms with van der Waals surface area (Å²) in [5.74, 6) is -0.164. The molecule has 0 fully saturated rings. The first-order chi connectivity index (χ1) is 11.6. The van der Waals surface area contributed by atoms with E-state index < -0.39 is 0 Å². The number of amides is 1. The van der Waals surface area contributed by atoms with Crippen LogP contribution in [0.15, 0.2) is 54.7 Å². The van der Waals surface area contributed by atoms with E-state index in [1.165, 1.54) is 6.20 Å². The van der Waals surface area contributed by atoms with Gasteiger partial charge >= 0.3 is 0 Å². The lowest BCUT2D eigenvalue weighted by Crippen LogP contribution is -2.25. The van der Waals surface area contributed by atoms with Gasteiger partial charge in [0.2, 0.25) is 0 Å². The van der Waals surface area contributed by atoms with Crippen molar-refractivity contribution in [2.45, 2.75) is 6.42 Å². The lowest BCUT2D eigenvalue weighted by atomic mass is 10.1. The standard InChI is InChI=1S/C18H15Cl2N3O/c19-14-5-1-12(2-6-14)9-10-21-18(24)16-11-22-23-17(16)13-3-7-15(20)8-4-13/h1-8,11H,9-10H2,(H,21,24)(H,22,23). The number of hydrogen-bond donors (Lipinski definition) is 2. The third kappa shape index (κ3) is 3.96. The van der Waals surface area contributed by atoms with Crippen LogP contribution >= 0.6 is 23.2 Å². The second kappa shape index (κ2) is 7.51. The van der Waals surface area contributed by atoms with E-state index in [4.69, 9.17) is 23.2 Å². The second-order valence-corrected chi connectivity index (χ2v) is 6.17. The van der Waals surface area contributed by atoms with Crippen molar-refractivity contribution in [3.63, 3.8) is 0 Å². The maximum atomic E-state index is 12.4. The lowest BCUT2D eigenvalue weighted by Gasteiger charge is -2.06. The van der Waals surface area contributed by atoms with E-state index in [9.17, 15) is 4.79 Å². The molecule has 122 valence electrons. The summed E-state index contributed by atoms with van der Waals surface area (Å²) >= 11 is 11.8. The molecular weight excluding hydrogens is 345 g/mol. The minimum absolute atomic E-state index is 0.164. The van der Waals surface area contributed by atoms with E-state index in [0.717, 1.165) is 17.5 Å². The highest BCUT2D eigenvalue weighted by atomic mass is 35.5.